The molecule has 1 aromatic heterocycles. The molecule has 0 bridgehead atoms. The lowest BCUT2D eigenvalue weighted by atomic mass is 9.92. The second-order valence-electron chi connectivity index (χ2n) is 5.15. The summed E-state index contributed by atoms with van der Waals surface area (Å²) >= 11 is 5.30. The lowest BCUT2D eigenvalue weighted by Gasteiger charge is -2.23. The van der Waals surface area contributed by atoms with Crippen molar-refractivity contribution in [3.63, 3.8) is 0 Å². The third-order valence-corrected chi connectivity index (χ3v) is 3.05. The molecule has 1 N–H and O–H groups in total. The molecule has 0 aliphatic carbocycles. The summed E-state index contributed by atoms with van der Waals surface area (Å²) in [5.41, 5.74) is 1.24. The number of methoxy groups -OCH3 is 2. The van der Waals surface area contributed by atoms with E-state index < -0.39 is 0 Å². The van der Waals surface area contributed by atoms with Crippen LogP contribution in [0.4, 0.5) is 0 Å². The number of nitrogens with zero attached hydrogens (tertiary/aromatic N) is 1. The average molecular weight is 258 g/mol. The van der Waals surface area contributed by atoms with Gasteiger partial charge in [0, 0.05) is 31.5 Å². The SMILES string of the molecule is COCC(Cn1c(C(C)(C)C)c[nH]c1=S)OC. The van der Waals surface area contributed by atoms with Gasteiger partial charge in [0.15, 0.2) is 4.77 Å². The van der Waals surface area contributed by atoms with E-state index >= 15 is 0 Å². The Labute approximate surface area is 108 Å². The van der Waals surface area contributed by atoms with Crippen LogP contribution in [0.5, 0.6) is 0 Å². The summed E-state index contributed by atoms with van der Waals surface area (Å²) in [6.45, 7) is 7.77. The topological polar surface area (TPSA) is 39.2 Å². The number of ether oxygens (including phenoxy) is 2. The number of H-pyrrole nitrogens is 1. The predicted octanol–water partition coefficient (Wildman–Crippen LogP) is 2.50. The van der Waals surface area contributed by atoms with E-state index in [4.69, 9.17) is 21.7 Å². The maximum atomic E-state index is 5.38. The minimum atomic E-state index is 0.0172. The highest BCUT2D eigenvalue weighted by Crippen LogP contribution is 2.22. The van der Waals surface area contributed by atoms with Gasteiger partial charge >= 0.3 is 0 Å². The molecule has 4 nitrogen and oxygen atoms in total. The van der Waals surface area contributed by atoms with Gasteiger partial charge in [0.2, 0.25) is 0 Å². The van der Waals surface area contributed by atoms with Crippen LogP contribution in [0.25, 0.3) is 0 Å². The molecule has 0 aromatic carbocycles. The molecule has 1 unspecified atom stereocenters. The number of nitrogens with one attached hydrogen (secondary N) is 1. The third-order valence-electron chi connectivity index (χ3n) is 2.71. The standard InChI is InChI=1S/C12H22N2O2S/c1-12(2,3)10-6-13-11(17)14(10)7-9(16-5)8-15-4/h6,9H,7-8H2,1-5H3,(H,13,17). The van der Waals surface area contributed by atoms with Crippen LogP contribution in [0, 0.1) is 4.77 Å². The number of aromatic amines is 1. The van der Waals surface area contributed by atoms with Crippen LogP contribution < -0.4 is 0 Å². The summed E-state index contributed by atoms with van der Waals surface area (Å²) in [7, 11) is 3.36. The Hall–Kier alpha value is -0.650. The maximum absolute atomic E-state index is 5.38. The van der Waals surface area contributed by atoms with Gasteiger partial charge in [-0.15, -0.1) is 0 Å². The number of hydrogen-bond acceptors (Lipinski definition) is 3. The summed E-state index contributed by atoms with van der Waals surface area (Å²) in [4.78, 5) is 3.10. The van der Waals surface area contributed by atoms with Crippen LogP contribution >= 0.6 is 12.2 Å². The largest absolute Gasteiger partial charge is 0.382 e. The molecule has 0 aliphatic rings. The van der Waals surface area contributed by atoms with Gasteiger partial charge in [-0.1, -0.05) is 20.8 Å². The van der Waals surface area contributed by atoms with E-state index in [1.54, 1.807) is 14.2 Å². The smallest absolute Gasteiger partial charge is 0.177 e. The maximum Gasteiger partial charge on any atom is 0.177 e. The van der Waals surface area contributed by atoms with Crippen molar-refractivity contribution in [2.45, 2.75) is 38.8 Å². The second-order valence-corrected chi connectivity index (χ2v) is 5.54. The van der Waals surface area contributed by atoms with Crippen LogP contribution in [0.2, 0.25) is 0 Å². The van der Waals surface area contributed by atoms with E-state index in [0.29, 0.717) is 13.2 Å². The quantitative estimate of drug-likeness (QED) is 0.825. The molecule has 1 aromatic rings. The van der Waals surface area contributed by atoms with Crippen molar-refractivity contribution in [3.8, 4) is 0 Å². The molecule has 0 saturated carbocycles. The van der Waals surface area contributed by atoms with E-state index in [9.17, 15) is 0 Å². The Bertz CT molecular complexity index is 403. The van der Waals surface area contributed by atoms with Gasteiger partial charge in [0.1, 0.15) is 0 Å². The highest BCUT2D eigenvalue weighted by Gasteiger charge is 2.21. The Balaban J connectivity index is 2.97. The van der Waals surface area contributed by atoms with Crippen LogP contribution in [0.3, 0.4) is 0 Å². The van der Waals surface area contributed by atoms with Gasteiger partial charge in [0.25, 0.3) is 0 Å². The molecule has 98 valence electrons. The molecule has 5 heteroatoms. The molecule has 1 atom stereocenters. The van der Waals surface area contributed by atoms with Crippen molar-refractivity contribution in [1.29, 1.82) is 0 Å². The highest BCUT2D eigenvalue weighted by atomic mass is 32.1. The highest BCUT2D eigenvalue weighted by molar-refractivity contribution is 7.71. The third kappa shape index (κ3) is 3.66. The first kappa shape index (κ1) is 14.4. The van der Waals surface area contributed by atoms with Gasteiger partial charge in [-0.2, -0.15) is 0 Å². The normalized spacial score (nSPS) is 13.9. The fourth-order valence-electron chi connectivity index (χ4n) is 1.78. The van der Waals surface area contributed by atoms with Crippen LogP contribution in [-0.2, 0) is 21.4 Å². The number of hydrogen-bond donors (Lipinski definition) is 1. The fourth-order valence-corrected chi connectivity index (χ4v) is 2.01. The van der Waals surface area contributed by atoms with E-state index in [1.165, 1.54) is 5.69 Å². The molecule has 0 radical (unpaired) electrons. The number of imidazole rings is 1. The van der Waals surface area contributed by atoms with Crippen molar-refractivity contribution in [1.82, 2.24) is 9.55 Å². The van der Waals surface area contributed by atoms with Crippen molar-refractivity contribution in [3.05, 3.63) is 16.7 Å². The second kappa shape index (κ2) is 5.80. The number of aromatic nitrogens is 2. The number of rotatable bonds is 5. The average Bonchev–Trinajstić information content (AvgIpc) is 2.59. The first-order valence-corrected chi connectivity index (χ1v) is 6.11. The van der Waals surface area contributed by atoms with Crippen LogP contribution in [-0.4, -0.2) is 36.5 Å². The van der Waals surface area contributed by atoms with Crippen molar-refractivity contribution in [2.24, 2.45) is 0 Å². The Morgan fingerprint density at radius 3 is 2.53 bits per heavy atom. The van der Waals surface area contributed by atoms with E-state index in [2.05, 4.69) is 30.3 Å². The van der Waals surface area contributed by atoms with Crippen molar-refractivity contribution >= 4 is 12.2 Å². The van der Waals surface area contributed by atoms with Crippen LogP contribution in [0.1, 0.15) is 26.5 Å². The zero-order valence-electron chi connectivity index (χ0n) is 11.2. The van der Waals surface area contributed by atoms with Crippen molar-refractivity contribution < 1.29 is 9.47 Å². The Morgan fingerprint density at radius 2 is 2.06 bits per heavy atom. The van der Waals surface area contributed by atoms with E-state index in [-0.39, 0.29) is 11.5 Å². The van der Waals surface area contributed by atoms with Gasteiger partial charge in [-0.05, 0) is 12.2 Å². The lowest BCUT2D eigenvalue weighted by molar-refractivity contribution is 0.0173. The summed E-state index contributed by atoms with van der Waals surface area (Å²) in [6, 6.07) is 0. The molecule has 0 spiro atoms. The van der Waals surface area contributed by atoms with E-state index in [0.717, 1.165) is 4.77 Å². The molecule has 0 aliphatic heterocycles. The van der Waals surface area contributed by atoms with Gasteiger partial charge in [-0.25, -0.2) is 0 Å². The van der Waals surface area contributed by atoms with Gasteiger partial charge in [0.05, 0.1) is 19.3 Å². The minimum absolute atomic E-state index is 0.0172. The van der Waals surface area contributed by atoms with Crippen LogP contribution in [0.15, 0.2) is 6.20 Å². The fraction of sp³-hybridized carbons (Fsp3) is 0.750. The molecule has 1 heterocycles. The predicted molar refractivity (Wildman–Crippen MR) is 71.0 cm³/mol. The lowest BCUT2D eigenvalue weighted by Crippen LogP contribution is -2.27. The Morgan fingerprint density at radius 1 is 1.41 bits per heavy atom. The molecule has 0 saturated heterocycles. The molecular formula is C12H22N2O2S. The van der Waals surface area contributed by atoms with Crippen molar-refractivity contribution in [2.75, 3.05) is 20.8 Å². The molecular weight excluding hydrogens is 236 g/mol. The minimum Gasteiger partial charge on any atom is -0.382 e. The zero-order valence-corrected chi connectivity index (χ0v) is 12.1. The molecule has 1 rings (SSSR count). The first-order valence-electron chi connectivity index (χ1n) is 5.70. The molecule has 17 heavy (non-hydrogen) atoms. The molecule has 0 fully saturated rings. The summed E-state index contributed by atoms with van der Waals surface area (Å²) in [5.74, 6) is 0. The van der Waals surface area contributed by atoms with E-state index in [1.807, 2.05) is 6.20 Å². The summed E-state index contributed by atoms with van der Waals surface area (Å²) in [6.07, 6.45) is 1.99. The van der Waals surface area contributed by atoms with Gasteiger partial charge in [-0.3, -0.25) is 0 Å². The first-order chi connectivity index (χ1) is 7.90. The molecule has 0 amide bonds. The summed E-state index contributed by atoms with van der Waals surface area (Å²) in [5, 5.41) is 0. The monoisotopic (exact) mass is 258 g/mol. The Kier molecular flexibility index (Phi) is 4.91. The summed E-state index contributed by atoms with van der Waals surface area (Å²) < 4.78 is 13.3. The van der Waals surface area contributed by atoms with Gasteiger partial charge < -0.3 is 19.0 Å². The zero-order chi connectivity index (χ0) is 13.1.